The first-order valence-electron chi connectivity index (χ1n) is 4.78. The van der Waals surface area contributed by atoms with E-state index in [1.165, 1.54) is 12.1 Å². The number of halogens is 5. The van der Waals surface area contributed by atoms with Crippen molar-refractivity contribution in [2.45, 2.75) is 6.18 Å². The van der Waals surface area contributed by atoms with Gasteiger partial charge in [0.2, 0.25) is 0 Å². The average molecular weight is 338 g/mol. The summed E-state index contributed by atoms with van der Waals surface area (Å²) in [7, 11) is 0. The fraction of sp³-hybridized carbons (Fsp3) is 0.100. The van der Waals surface area contributed by atoms with Crippen molar-refractivity contribution in [3.05, 3.63) is 40.4 Å². The lowest BCUT2D eigenvalue weighted by atomic mass is 10.3. The Kier molecular flexibility index (Phi) is 3.40. The second-order valence-corrected chi connectivity index (χ2v) is 4.39. The number of ketones is 1. The molecule has 0 atom stereocenters. The summed E-state index contributed by atoms with van der Waals surface area (Å²) in [4.78, 5) is 10.9. The van der Waals surface area contributed by atoms with Crippen molar-refractivity contribution in [1.82, 2.24) is 15.0 Å². The normalized spacial score (nSPS) is 11.6. The number of carbonyl (C=O) groups is 1. The summed E-state index contributed by atoms with van der Waals surface area (Å²) in [5.41, 5.74) is -1.01. The second-order valence-electron chi connectivity index (χ2n) is 3.47. The average Bonchev–Trinajstić information content (AvgIpc) is 2.75. The van der Waals surface area contributed by atoms with Gasteiger partial charge in [-0.25, -0.2) is 9.07 Å². The maximum atomic E-state index is 13.6. The van der Waals surface area contributed by atoms with Gasteiger partial charge < -0.3 is 0 Å². The molecule has 100 valence electrons. The Morgan fingerprint density at radius 1 is 1.32 bits per heavy atom. The van der Waals surface area contributed by atoms with Gasteiger partial charge >= 0.3 is 6.18 Å². The minimum Gasteiger partial charge on any atom is -0.282 e. The molecule has 1 heterocycles. The monoisotopic (exact) mass is 337 g/mol. The highest BCUT2D eigenvalue weighted by atomic mass is 79.9. The van der Waals surface area contributed by atoms with Crippen LogP contribution in [0, 0.1) is 5.82 Å². The minimum atomic E-state index is -5.04. The van der Waals surface area contributed by atoms with Crippen molar-refractivity contribution in [3.8, 4) is 5.69 Å². The molecule has 2 aromatic rings. The molecule has 0 fully saturated rings. The minimum absolute atomic E-state index is 0.114. The number of Topliss-reactive ketones (excluding diaryl/α,β-unsaturated/α-hetero) is 1. The van der Waals surface area contributed by atoms with Gasteiger partial charge in [-0.05, 0) is 18.2 Å². The fourth-order valence-electron chi connectivity index (χ4n) is 1.30. The standard InChI is InChI=1S/C10H4BrF4N3O/c11-5-1-2-8(6(12)3-5)18-4-7(16-17-18)9(19)10(13,14)15/h1-4H. The number of hydrogen-bond acceptors (Lipinski definition) is 3. The summed E-state index contributed by atoms with van der Waals surface area (Å²) in [5.74, 6) is -2.85. The van der Waals surface area contributed by atoms with Crippen LogP contribution in [0.15, 0.2) is 28.9 Å². The summed E-state index contributed by atoms with van der Waals surface area (Å²) in [6, 6.07) is 3.88. The van der Waals surface area contributed by atoms with Gasteiger partial charge in [0.15, 0.2) is 5.69 Å². The zero-order valence-corrected chi connectivity index (χ0v) is 10.5. The van der Waals surface area contributed by atoms with E-state index >= 15 is 0 Å². The summed E-state index contributed by atoms with van der Waals surface area (Å²) < 4.78 is 51.3. The smallest absolute Gasteiger partial charge is 0.282 e. The van der Waals surface area contributed by atoms with Crippen LogP contribution in [0.3, 0.4) is 0 Å². The molecule has 0 bridgehead atoms. The molecular weight excluding hydrogens is 334 g/mol. The summed E-state index contributed by atoms with van der Waals surface area (Å²) in [6.45, 7) is 0. The van der Waals surface area contributed by atoms with E-state index in [-0.39, 0.29) is 5.69 Å². The second kappa shape index (κ2) is 4.72. The topological polar surface area (TPSA) is 47.8 Å². The molecule has 0 spiro atoms. The number of hydrogen-bond donors (Lipinski definition) is 0. The molecule has 0 N–H and O–H groups in total. The molecule has 1 aromatic carbocycles. The fourth-order valence-corrected chi connectivity index (χ4v) is 1.63. The van der Waals surface area contributed by atoms with E-state index < -0.39 is 23.5 Å². The van der Waals surface area contributed by atoms with Gasteiger partial charge in [-0.2, -0.15) is 13.2 Å². The predicted octanol–water partition coefficient (Wildman–Crippen LogP) is 2.91. The molecule has 0 radical (unpaired) electrons. The molecule has 0 amide bonds. The lowest BCUT2D eigenvalue weighted by molar-refractivity contribution is -0.0888. The van der Waals surface area contributed by atoms with Crippen LogP contribution in [-0.4, -0.2) is 27.0 Å². The Labute approximate surface area is 112 Å². The lowest BCUT2D eigenvalue weighted by Crippen LogP contribution is -2.23. The highest BCUT2D eigenvalue weighted by molar-refractivity contribution is 9.10. The van der Waals surface area contributed by atoms with Crippen LogP contribution >= 0.6 is 15.9 Å². The molecule has 0 aliphatic heterocycles. The number of rotatable bonds is 2. The van der Waals surface area contributed by atoms with Crippen LogP contribution in [0.4, 0.5) is 17.6 Å². The largest absolute Gasteiger partial charge is 0.456 e. The molecule has 0 aliphatic rings. The van der Waals surface area contributed by atoms with Crippen molar-refractivity contribution < 1.29 is 22.4 Å². The Hall–Kier alpha value is -1.77. The van der Waals surface area contributed by atoms with Gasteiger partial charge in [0.1, 0.15) is 11.5 Å². The molecule has 0 unspecified atom stereocenters. The van der Waals surface area contributed by atoms with Gasteiger partial charge in [0.05, 0.1) is 6.20 Å². The predicted molar refractivity (Wildman–Crippen MR) is 59.4 cm³/mol. The molecule has 2 rings (SSSR count). The van der Waals surface area contributed by atoms with E-state index in [0.29, 0.717) is 4.47 Å². The summed E-state index contributed by atoms with van der Waals surface area (Å²) >= 11 is 3.04. The van der Waals surface area contributed by atoms with Gasteiger partial charge in [0.25, 0.3) is 5.78 Å². The number of benzene rings is 1. The molecule has 0 aliphatic carbocycles. The van der Waals surface area contributed by atoms with Crippen LogP contribution in [-0.2, 0) is 0 Å². The molecular formula is C10H4BrF4N3O. The Bertz CT molecular complexity index is 638. The van der Waals surface area contributed by atoms with E-state index in [4.69, 9.17) is 0 Å². The quantitative estimate of drug-likeness (QED) is 0.625. The highest BCUT2D eigenvalue weighted by Crippen LogP contribution is 2.22. The van der Waals surface area contributed by atoms with Crippen molar-refractivity contribution in [3.63, 3.8) is 0 Å². The van der Waals surface area contributed by atoms with E-state index in [1.54, 1.807) is 0 Å². The third-order valence-corrected chi connectivity index (χ3v) is 2.63. The van der Waals surface area contributed by atoms with Gasteiger partial charge in [0, 0.05) is 4.47 Å². The first-order chi connectivity index (χ1) is 8.79. The van der Waals surface area contributed by atoms with E-state index in [2.05, 4.69) is 26.2 Å². The van der Waals surface area contributed by atoms with E-state index in [9.17, 15) is 22.4 Å². The van der Waals surface area contributed by atoms with Gasteiger partial charge in [-0.15, -0.1) is 5.10 Å². The number of nitrogens with zero attached hydrogens (tertiary/aromatic N) is 3. The third-order valence-electron chi connectivity index (χ3n) is 2.14. The summed E-state index contributed by atoms with van der Waals surface area (Å²) in [6.07, 6.45) is -4.32. The van der Waals surface area contributed by atoms with Gasteiger partial charge in [-0.3, -0.25) is 4.79 Å². The zero-order chi connectivity index (χ0) is 14.2. The van der Waals surface area contributed by atoms with Crippen LogP contribution < -0.4 is 0 Å². The zero-order valence-electron chi connectivity index (χ0n) is 8.95. The van der Waals surface area contributed by atoms with Crippen molar-refractivity contribution in [2.24, 2.45) is 0 Å². The van der Waals surface area contributed by atoms with Crippen molar-refractivity contribution in [2.75, 3.05) is 0 Å². The molecule has 0 saturated carbocycles. The molecule has 0 saturated heterocycles. The molecule has 4 nitrogen and oxygen atoms in total. The Morgan fingerprint density at radius 3 is 2.58 bits per heavy atom. The van der Waals surface area contributed by atoms with Crippen LogP contribution in [0.2, 0.25) is 0 Å². The number of carbonyl (C=O) groups excluding carboxylic acids is 1. The van der Waals surface area contributed by atoms with Crippen LogP contribution in [0.25, 0.3) is 5.69 Å². The van der Waals surface area contributed by atoms with Crippen molar-refractivity contribution in [1.29, 1.82) is 0 Å². The third kappa shape index (κ3) is 2.80. The first-order valence-corrected chi connectivity index (χ1v) is 5.57. The van der Waals surface area contributed by atoms with Crippen LogP contribution in [0.5, 0.6) is 0 Å². The molecule has 1 aromatic heterocycles. The van der Waals surface area contributed by atoms with E-state index in [0.717, 1.165) is 16.9 Å². The Morgan fingerprint density at radius 2 is 2.00 bits per heavy atom. The maximum Gasteiger partial charge on any atom is 0.456 e. The van der Waals surface area contributed by atoms with E-state index in [1.807, 2.05) is 0 Å². The van der Waals surface area contributed by atoms with Crippen LogP contribution in [0.1, 0.15) is 10.5 Å². The lowest BCUT2D eigenvalue weighted by Gasteiger charge is -2.02. The molecule has 9 heteroatoms. The number of alkyl halides is 3. The van der Waals surface area contributed by atoms with Crippen molar-refractivity contribution >= 4 is 21.7 Å². The summed E-state index contributed by atoms with van der Waals surface area (Å²) in [5, 5.41) is 6.39. The Balaban J connectivity index is 2.39. The molecule has 19 heavy (non-hydrogen) atoms. The number of aromatic nitrogens is 3. The SMILES string of the molecule is O=C(c1cn(-c2ccc(Br)cc2F)nn1)C(F)(F)F. The highest BCUT2D eigenvalue weighted by Gasteiger charge is 2.41. The first kappa shape index (κ1) is 13.7. The maximum absolute atomic E-state index is 13.6. The van der Waals surface area contributed by atoms with Gasteiger partial charge in [-0.1, -0.05) is 21.1 Å².